The molecule has 1 aliphatic rings. The van der Waals surface area contributed by atoms with E-state index >= 15 is 0 Å². The molecule has 1 heterocycles. The van der Waals surface area contributed by atoms with E-state index in [-0.39, 0.29) is 0 Å². The Hall–Kier alpha value is -0.860. The lowest BCUT2D eigenvalue weighted by Crippen LogP contribution is -2.35. The summed E-state index contributed by atoms with van der Waals surface area (Å²) in [5.41, 5.74) is 4.35. The van der Waals surface area contributed by atoms with Gasteiger partial charge in [0.2, 0.25) is 0 Å². The van der Waals surface area contributed by atoms with Gasteiger partial charge in [-0.1, -0.05) is 43.5 Å². The SMILES string of the molecule is CCCC[C@@H](CO)CN1CCc2ccc(C)cc2C1. The number of nitrogens with zero attached hydrogens (tertiary/aromatic N) is 1. The van der Waals surface area contributed by atoms with Crippen LogP contribution in [-0.2, 0) is 13.0 Å². The summed E-state index contributed by atoms with van der Waals surface area (Å²) < 4.78 is 0. The zero-order valence-corrected chi connectivity index (χ0v) is 12.4. The van der Waals surface area contributed by atoms with Crippen LogP contribution in [0.1, 0.15) is 42.9 Å². The van der Waals surface area contributed by atoms with Crippen LogP contribution in [0.5, 0.6) is 0 Å². The topological polar surface area (TPSA) is 23.5 Å². The molecule has 106 valence electrons. The molecule has 0 radical (unpaired) electrons. The molecule has 0 amide bonds. The first-order chi connectivity index (χ1) is 9.22. The Labute approximate surface area is 117 Å². The summed E-state index contributed by atoms with van der Waals surface area (Å²) in [7, 11) is 0. The van der Waals surface area contributed by atoms with Crippen LogP contribution in [0.15, 0.2) is 18.2 Å². The number of aliphatic hydroxyl groups excluding tert-OH is 1. The summed E-state index contributed by atoms with van der Waals surface area (Å²) in [6.07, 6.45) is 4.76. The highest BCUT2D eigenvalue weighted by atomic mass is 16.3. The summed E-state index contributed by atoms with van der Waals surface area (Å²) in [6.45, 7) is 7.95. The van der Waals surface area contributed by atoms with Crippen LogP contribution in [0, 0.1) is 12.8 Å². The number of hydrogen-bond donors (Lipinski definition) is 1. The minimum atomic E-state index is 0.331. The van der Waals surface area contributed by atoms with Gasteiger partial charge < -0.3 is 5.11 Å². The van der Waals surface area contributed by atoms with Crippen LogP contribution in [0.3, 0.4) is 0 Å². The fourth-order valence-electron chi connectivity index (χ4n) is 3.00. The first-order valence-electron chi connectivity index (χ1n) is 7.64. The van der Waals surface area contributed by atoms with Crippen molar-refractivity contribution in [1.29, 1.82) is 0 Å². The van der Waals surface area contributed by atoms with Crippen molar-refractivity contribution in [2.24, 2.45) is 5.92 Å². The number of aliphatic hydroxyl groups is 1. The van der Waals surface area contributed by atoms with E-state index in [0.29, 0.717) is 12.5 Å². The predicted molar refractivity (Wildman–Crippen MR) is 80.3 cm³/mol. The normalized spacial score (nSPS) is 17.2. The second-order valence-corrected chi connectivity index (χ2v) is 5.95. The average molecular weight is 261 g/mol. The van der Waals surface area contributed by atoms with E-state index in [0.717, 1.165) is 32.5 Å². The van der Waals surface area contributed by atoms with Crippen molar-refractivity contribution in [3.05, 3.63) is 34.9 Å². The lowest BCUT2D eigenvalue weighted by atomic mass is 9.96. The summed E-state index contributed by atoms with van der Waals surface area (Å²) >= 11 is 0. The Bertz CT molecular complexity index is 402. The largest absolute Gasteiger partial charge is 0.396 e. The van der Waals surface area contributed by atoms with Gasteiger partial charge in [-0.15, -0.1) is 0 Å². The Morgan fingerprint density at radius 1 is 1.32 bits per heavy atom. The van der Waals surface area contributed by atoms with Crippen molar-refractivity contribution in [1.82, 2.24) is 4.90 Å². The highest BCUT2D eigenvalue weighted by molar-refractivity contribution is 5.33. The molecular formula is C17H27NO. The summed E-state index contributed by atoms with van der Waals surface area (Å²) in [4.78, 5) is 2.51. The van der Waals surface area contributed by atoms with Crippen LogP contribution in [0.4, 0.5) is 0 Å². The maximum absolute atomic E-state index is 9.50. The Morgan fingerprint density at radius 3 is 2.89 bits per heavy atom. The zero-order valence-electron chi connectivity index (χ0n) is 12.4. The van der Waals surface area contributed by atoms with Gasteiger partial charge in [-0.2, -0.15) is 0 Å². The highest BCUT2D eigenvalue weighted by Crippen LogP contribution is 2.21. The summed E-state index contributed by atoms with van der Waals surface area (Å²) in [5, 5.41) is 9.50. The minimum absolute atomic E-state index is 0.331. The monoisotopic (exact) mass is 261 g/mol. The van der Waals surface area contributed by atoms with E-state index in [1.54, 1.807) is 0 Å². The van der Waals surface area contributed by atoms with Crippen molar-refractivity contribution in [3.63, 3.8) is 0 Å². The number of hydrogen-bond acceptors (Lipinski definition) is 2. The van der Waals surface area contributed by atoms with Crippen molar-refractivity contribution in [2.45, 2.75) is 46.1 Å². The van der Waals surface area contributed by atoms with Crippen LogP contribution in [-0.4, -0.2) is 29.7 Å². The third kappa shape index (κ3) is 4.05. The molecular weight excluding hydrogens is 234 g/mol. The molecule has 2 nitrogen and oxygen atoms in total. The first kappa shape index (κ1) is 14.5. The molecule has 1 N–H and O–H groups in total. The van der Waals surface area contributed by atoms with Crippen LogP contribution >= 0.6 is 0 Å². The maximum atomic E-state index is 9.50. The maximum Gasteiger partial charge on any atom is 0.0471 e. The fourth-order valence-corrected chi connectivity index (χ4v) is 3.00. The molecule has 0 bridgehead atoms. The van der Waals surface area contributed by atoms with Crippen molar-refractivity contribution < 1.29 is 5.11 Å². The molecule has 0 saturated heterocycles. The number of rotatable bonds is 6. The molecule has 0 aliphatic carbocycles. The van der Waals surface area contributed by atoms with Gasteiger partial charge in [0.05, 0.1) is 0 Å². The van der Waals surface area contributed by atoms with Gasteiger partial charge in [0.25, 0.3) is 0 Å². The van der Waals surface area contributed by atoms with Gasteiger partial charge in [-0.3, -0.25) is 4.90 Å². The van der Waals surface area contributed by atoms with Crippen LogP contribution in [0.25, 0.3) is 0 Å². The van der Waals surface area contributed by atoms with Crippen molar-refractivity contribution >= 4 is 0 Å². The van der Waals surface area contributed by atoms with Crippen molar-refractivity contribution in [2.75, 3.05) is 19.7 Å². The van der Waals surface area contributed by atoms with E-state index in [4.69, 9.17) is 0 Å². The Morgan fingerprint density at radius 2 is 2.16 bits per heavy atom. The Balaban J connectivity index is 1.93. The molecule has 0 unspecified atom stereocenters. The van der Waals surface area contributed by atoms with Crippen LogP contribution in [0.2, 0.25) is 0 Å². The smallest absolute Gasteiger partial charge is 0.0471 e. The fraction of sp³-hybridized carbons (Fsp3) is 0.647. The van der Waals surface area contributed by atoms with Crippen molar-refractivity contribution in [3.8, 4) is 0 Å². The van der Waals surface area contributed by atoms with E-state index < -0.39 is 0 Å². The lowest BCUT2D eigenvalue weighted by Gasteiger charge is -2.31. The van der Waals surface area contributed by atoms with Gasteiger partial charge in [-0.05, 0) is 36.8 Å². The summed E-state index contributed by atoms with van der Waals surface area (Å²) in [5.74, 6) is 0.450. The number of benzene rings is 1. The third-order valence-electron chi connectivity index (χ3n) is 4.19. The molecule has 2 rings (SSSR count). The van der Waals surface area contributed by atoms with E-state index in [1.165, 1.54) is 29.5 Å². The molecule has 1 aromatic carbocycles. The third-order valence-corrected chi connectivity index (χ3v) is 4.19. The summed E-state index contributed by atoms with van der Waals surface area (Å²) in [6, 6.07) is 6.82. The van der Waals surface area contributed by atoms with E-state index in [2.05, 4.69) is 36.9 Å². The van der Waals surface area contributed by atoms with Gasteiger partial charge in [-0.25, -0.2) is 0 Å². The van der Waals surface area contributed by atoms with Gasteiger partial charge >= 0.3 is 0 Å². The number of unbranched alkanes of at least 4 members (excludes halogenated alkanes) is 1. The van der Waals surface area contributed by atoms with E-state index in [1.807, 2.05) is 0 Å². The van der Waals surface area contributed by atoms with Crippen LogP contribution < -0.4 is 0 Å². The molecule has 1 aromatic rings. The first-order valence-corrected chi connectivity index (χ1v) is 7.64. The molecule has 19 heavy (non-hydrogen) atoms. The average Bonchev–Trinajstić information content (AvgIpc) is 2.43. The lowest BCUT2D eigenvalue weighted by molar-refractivity contribution is 0.146. The zero-order chi connectivity index (χ0) is 13.7. The van der Waals surface area contributed by atoms with E-state index in [9.17, 15) is 5.11 Å². The second kappa shape index (κ2) is 7.06. The molecule has 0 spiro atoms. The molecule has 2 heteroatoms. The molecule has 0 fully saturated rings. The highest BCUT2D eigenvalue weighted by Gasteiger charge is 2.19. The van der Waals surface area contributed by atoms with Gasteiger partial charge in [0.15, 0.2) is 0 Å². The molecule has 1 atom stereocenters. The minimum Gasteiger partial charge on any atom is -0.396 e. The molecule has 0 aromatic heterocycles. The quantitative estimate of drug-likeness (QED) is 0.850. The number of aryl methyl sites for hydroxylation is 1. The molecule has 0 saturated carbocycles. The predicted octanol–water partition coefficient (Wildman–Crippen LogP) is 3.15. The van der Waals surface area contributed by atoms with Gasteiger partial charge in [0.1, 0.15) is 0 Å². The standard InChI is InChI=1S/C17H27NO/c1-3-4-5-15(13-19)11-18-9-8-16-7-6-14(2)10-17(16)12-18/h6-7,10,15,19H,3-5,8-9,11-13H2,1-2H3/t15-/m1/s1. The molecule has 1 aliphatic heterocycles. The Kier molecular flexibility index (Phi) is 5.41. The number of fused-ring (bicyclic) bond motifs is 1. The second-order valence-electron chi connectivity index (χ2n) is 5.95. The van der Waals surface area contributed by atoms with Gasteiger partial charge in [0, 0.05) is 26.2 Å².